The summed E-state index contributed by atoms with van der Waals surface area (Å²) < 4.78 is 34.8. The van der Waals surface area contributed by atoms with E-state index in [4.69, 9.17) is 4.74 Å². The average molecular weight is 428 g/mol. The minimum Gasteiger partial charge on any atom is -0.483 e. The normalized spacial score (nSPS) is 25.5. The zero-order valence-corrected chi connectivity index (χ0v) is 17.6. The van der Waals surface area contributed by atoms with Crippen molar-refractivity contribution in [3.8, 4) is 5.75 Å². The Kier molecular flexibility index (Phi) is 4.78. The second kappa shape index (κ2) is 7.35. The Morgan fingerprint density at radius 1 is 1.13 bits per heavy atom. The van der Waals surface area contributed by atoms with Crippen LogP contribution in [0, 0.1) is 5.92 Å². The molecule has 5 rings (SSSR count). The van der Waals surface area contributed by atoms with Gasteiger partial charge in [0.1, 0.15) is 16.2 Å². The predicted molar refractivity (Wildman–Crippen MR) is 110 cm³/mol. The summed E-state index contributed by atoms with van der Waals surface area (Å²) in [7, 11) is -3.76. The van der Waals surface area contributed by atoms with Gasteiger partial charge >= 0.3 is 0 Å². The fourth-order valence-corrected chi connectivity index (χ4v) is 5.94. The monoisotopic (exact) mass is 427 g/mol. The van der Waals surface area contributed by atoms with E-state index in [-0.39, 0.29) is 23.9 Å². The number of hydrogen-bond acceptors (Lipinski definition) is 5. The molecule has 30 heavy (non-hydrogen) atoms. The van der Waals surface area contributed by atoms with E-state index in [1.165, 1.54) is 4.31 Å². The van der Waals surface area contributed by atoms with E-state index < -0.39 is 15.6 Å². The lowest BCUT2D eigenvalue weighted by Gasteiger charge is -2.31. The number of rotatable bonds is 4. The van der Waals surface area contributed by atoms with Crippen molar-refractivity contribution in [3.63, 3.8) is 0 Å². The summed E-state index contributed by atoms with van der Waals surface area (Å²) in [5, 5.41) is 0. The number of hydrogen-bond donors (Lipinski definition) is 0. The van der Waals surface area contributed by atoms with Gasteiger partial charge in [-0.2, -0.15) is 4.31 Å². The van der Waals surface area contributed by atoms with E-state index in [0.29, 0.717) is 43.3 Å². The second-order valence-electron chi connectivity index (χ2n) is 8.54. The van der Waals surface area contributed by atoms with Crippen molar-refractivity contribution in [2.45, 2.75) is 42.7 Å². The molecule has 1 aromatic heterocycles. The number of aromatic nitrogens is 1. The average Bonchev–Trinajstić information content (AvgIpc) is 3.47. The smallest absolute Gasteiger partial charge is 0.247 e. The van der Waals surface area contributed by atoms with Crippen molar-refractivity contribution in [1.82, 2.24) is 14.2 Å². The molecular formula is C22H25N3O4S. The SMILES string of the molecule is O=C(CC1CC1)N1CCC2(C1)CN(Cc1ccccn1)S(=O)(=O)c1ccccc1O2. The highest BCUT2D eigenvalue weighted by Crippen LogP contribution is 2.40. The topological polar surface area (TPSA) is 79.8 Å². The molecule has 1 atom stereocenters. The first-order valence-corrected chi connectivity index (χ1v) is 11.9. The number of ether oxygens (including phenoxy) is 1. The van der Waals surface area contributed by atoms with Crippen molar-refractivity contribution >= 4 is 15.9 Å². The van der Waals surface area contributed by atoms with Gasteiger partial charge in [-0.25, -0.2) is 8.42 Å². The number of fused-ring (bicyclic) bond motifs is 1. The first kappa shape index (κ1) is 19.5. The van der Waals surface area contributed by atoms with Crippen molar-refractivity contribution < 1.29 is 17.9 Å². The van der Waals surface area contributed by atoms with Crippen LogP contribution < -0.4 is 4.74 Å². The summed E-state index contributed by atoms with van der Waals surface area (Å²) in [5.74, 6) is 1.03. The van der Waals surface area contributed by atoms with Gasteiger partial charge in [0.2, 0.25) is 15.9 Å². The second-order valence-corrected chi connectivity index (χ2v) is 10.4. The number of likely N-dealkylation sites (tertiary alicyclic amines) is 1. The van der Waals surface area contributed by atoms with Crippen LogP contribution in [0.4, 0.5) is 0 Å². The number of pyridine rings is 1. The third-order valence-electron chi connectivity index (χ3n) is 6.15. The van der Waals surface area contributed by atoms with E-state index >= 15 is 0 Å². The van der Waals surface area contributed by atoms with Gasteiger partial charge < -0.3 is 9.64 Å². The van der Waals surface area contributed by atoms with Gasteiger partial charge in [-0.1, -0.05) is 18.2 Å². The lowest BCUT2D eigenvalue weighted by molar-refractivity contribution is -0.131. The third-order valence-corrected chi connectivity index (χ3v) is 7.98. The zero-order valence-electron chi connectivity index (χ0n) is 16.7. The molecule has 1 unspecified atom stereocenters. The molecule has 0 N–H and O–H groups in total. The quantitative estimate of drug-likeness (QED) is 0.749. The van der Waals surface area contributed by atoms with Gasteiger partial charge in [-0.15, -0.1) is 0 Å². The number of benzene rings is 1. The summed E-state index contributed by atoms with van der Waals surface area (Å²) in [6, 6.07) is 12.2. The van der Waals surface area contributed by atoms with Crippen molar-refractivity contribution in [2.24, 2.45) is 5.92 Å². The molecule has 8 heteroatoms. The van der Waals surface area contributed by atoms with E-state index in [1.54, 1.807) is 36.5 Å². The van der Waals surface area contributed by atoms with Crippen LogP contribution in [0.1, 0.15) is 31.4 Å². The summed E-state index contributed by atoms with van der Waals surface area (Å²) >= 11 is 0. The Morgan fingerprint density at radius 3 is 2.70 bits per heavy atom. The molecule has 1 amide bonds. The van der Waals surface area contributed by atoms with Gasteiger partial charge in [-0.05, 0) is 43.0 Å². The zero-order chi connectivity index (χ0) is 20.8. The minimum absolute atomic E-state index is 0.148. The fraction of sp³-hybridized carbons (Fsp3) is 0.455. The molecule has 1 saturated heterocycles. The highest BCUT2D eigenvalue weighted by molar-refractivity contribution is 7.89. The van der Waals surface area contributed by atoms with Crippen LogP contribution in [0.5, 0.6) is 5.75 Å². The number of sulfonamides is 1. The Labute approximate surface area is 176 Å². The van der Waals surface area contributed by atoms with E-state index in [0.717, 1.165) is 12.8 Å². The lowest BCUT2D eigenvalue weighted by atomic mass is 10.0. The van der Waals surface area contributed by atoms with E-state index in [2.05, 4.69) is 4.98 Å². The summed E-state index contributed by atoms with van der Waals surface area (Å²) in [5.41, 5.74) is -0.0801. The number of nitrogens with zero attached hydrogens (tertiary/aromatic N) is 3. The maximum atomic E-state index is 13.5. The molecule has 0 radical (unpaired) electrons. The Balaban J connectivity index is 1.48. The molecule has 158 valence electrons. The maximum absolute atomic E-state index is 13.5. The summed E-state index contributed by atoms with van der Waals surface area (Å²) in [6.45, 7) is 1.35. The Hall–Kier alpha value is -2.45. The molecule has 2 fully saturated rings. The largest absolute Gasteiger partial charge is 0.483 e. The van der Waals surface area contributed by atoms with Gasteiger partial charge in [0.25, 0.3) is 0 Å². The van der Waals surface area contributed by atoms with Gasteiger partial charge in [0.05, 0.1) is 25.3 Å². The van der Waals surface area contributed by atoms with Gasteiger partial charge in [-0.3, -0.25) is 9.78 Å². The summed E-state index contributed by atoms with van der Waals surface area (Å²) in [6.07, 6.45) is 5.11. The van der Waals surface area contributed by atoms with Crippen LogP contribution in [0.2, 0.25) is 0 Å². The van der Waals surface area contributed by atoms with Crippen LogP contribution in [-0.4, -0.2) is 53.7 Å². The number of carbonyl (C=O) groups is 1. The van der Waals surface area contributed by atoms with Crippen LogP contribution in [-0.2, 0) is 21.4 Å². The Bertz CT molecular complexity index is 1060. The van der Waals surface area contributed by atoms with E-state index in [1.807, 2.05) is 17.0 Å². The molecule has 1 aromatic carbocycles. The molecule has 2 aliphatic heterocycles. The van der Waals surface area contributed by atoms with Crippen LogP contribution in [0.25, 0.3) is 0 Å². The van der Waals surface area contributed by atoms with Crippen molar-refractivity contribution in [2.75, 3.05) is 19.6 Å². The molecular weight excluding hydrogens is 402 g/mol. The first-order valence-electron chi connectivity index (χ1n) is 10.4. The standard InChI is InChI=1S/C22H25N3O4S/c26-21(13-17-8-9-17)24-12-10-22(15-24)16-25(14-18-5-3-4-11-23-18)30(27,28)20-7-2-1-6-19(20)29-22/h1-7,11,17H,8-10,12-16H2. The minimum atomic E-state index is -3.76. The van der Waals surface area contributed by atoms with Crippen LogP contribution in [0.15, 0.2) is 53.6 Å². The molecule has 7 nitrogen and oxygen atoms in total. The first-order chi connectivity index (χ1) is 14.5. The number of carbonyl (C=O) groups excluding carboxylic acids is 1. The van der Waals surface area contributed by atoms with Crippen molar-refractivity contribution in [3.05, 3.63) is 54.4 Å². The highest BCUT2D eigenvalue weighted by atomic mass is 32.2. The van der Waals surface area contributed by atoms with Crippen LogP contribution >= 0.6 is 0 Å². The highest BCUT2D eigenvalue weighted by Gasteiger charge is 2.49. The van der Waals surface area contributed by atoms with Gasteiger partial charge in [0, 0.05) is 25.6 Å². The Morgan fingerprint density at radius 2 is 1.93 bits per heavy atom. The predicted octanol–water partition coefficient (Wildman–Crippen LogP) is 2.44. The molecule has 0 bridgehead atoms. The number of para-hydroxylation sites is 1. The summed E-state index contributed by atoms with van der Waals surface area (Å²) in [4.78, 5) is 19.0. The molecule has 3 heterocycles. The van der Waals surface area contributed by atoms with Crippen molar-refractivity contribution in [1.29, 1.82) is 0 Å². The number of amides is 1. The molecule has 1 saturated carbocycles. The van der Waals surface area contributed by atoms with E-state index in [9.17, 15) is 13.2 Å². The third kappa shape index (κ3) is 3.70. The lowest BCUT2D eigenvalue weighted by Crippen LogP contribution is -2.49. The molecule has 1 spiro atoms. The molecule has 1 aliphatic carbocycles. The molecule has 3 aliphatic rings. The fourth-order valence-electron chi connectivity index (χ4n) is 4.34. The molecule has 2 aromatic rings. The van der Waals surface area contributed by atoms with Gasteiger partial charge in [0.15, 0.2) is 0 Å². The maximum Gasteiger partial charge on any atom is 0.247 e. The van der Waals surface area contributed by atoms with Crippen LogP contribution in [0.3, 0.4) is 0 Å².